The van der Waals surface area contributed by atoms with Crippen LogP contribution in [0.2, 0.25) is 0 Å². The molecule has 0 saturated heterocycles. The minimum atomic E-state index is -0.594. The van der Waals surface area contributed by atoms with Gasteiger partial charge in [0.05, 0.1) is 10.6 Å². The van der Waals surface area contributed by atoms with Crippen LogP contribution < -0.4 is 4.74 Å². The molecule has 0 saturated carbocycles. The van der Waals surface area contributed by atoms with E-state index in [1.165, 1.54) is 12.1 Å². The largest absolute Gasteiger partial charge is 0.456 e. The normalized spacial score (nSPS) is 12.2. The smallest absolute Gasteiger partial charge is 0.144 e. The van der Waals surface area contributed by atoms with Gasteiger partial charge < -0.3 is 9.84 Å². The Balaban J connectivity index is 2.35. The highest BCUT2D eigenvalue weighted by Crippen LogP contribution is 2.34. The van der Waals surface area contributed by atoms with Crippen LogP contribution in [0, 0.1) is 5.82 Å². The monoisotopic (exact) mass is 324 g/mol. The second-order valence-electron chi connectivity index (χ2n) is 4.14. The van der Waals surface area contributed by atoms with Gasteiger partial charge in [-0.15, -0.1) is 0 Å². The van der Waals surface area contributed by atoms with E-state index in [4.69, 9.17) is 4.74 Å². The summed E-state index contributed by atoms with van der Waals surface area (Å²) in [6.07, 6.45) is -0.00596. The van der Waals surface area contributed by atoms with Crippen LogP contribution in [0.15, 0.2) is 46.9 Å². The molecule has 2 rings (SSSR count). The van der Waals surface area contributed by atoms with E-state index in [0.29, 0.717) is 28.0 Å². The summed E-state index contributed by atoms with van der Waals surface area (Å²) in [5.41, 5.74) is 0.696. The third-order valence-electron chi connectivity index (χ3n) is 2.78. The van der Waals surface area contributed by atoms with Gasteiger partial charge >= 0.3 is 0 Å². The molecule has 0 radical (unpaired) electrons. The Hall–Kier alpha value is -1.39. The summed E-state index contributed by atoms with van der Waals surface area (Å²) in [6, 6.07) is 11.4. The third kappa shape index (κ3) is 3.33. The lowest BCUT2D eigenvalue weighted by atomic mass is 10.1. The number of para-hydroxylation sites is 1. The number of hydrogen-bond donors (Lipinski definition) is 1. The second-order valence-corrected chi connectivity index (χ2v) is 4.99. The molecule has 0 aliphatic heterocycles. The molecule has 0 bridgehead atoms. The summed E-state index contributed by atoms with van der Waals surface area (Å²) >= 11 is 3.31. The van der Waals surface area contributed by atoms with Crippen LogP contribution in [0.25, 0.3) is 0 Å². The summed E-state index contributed by atoms with van der Waals surface area (Å²) in [5.74, 6) is 0.547. The minimum Gasteiger partial charge on any atom is -0.456 e. The predicted octanol–water partition coefficient (Wildman–Crippen LogP) is 4.82. The van der Waals surface area contributed by atoms with Crippen molar-refractivity contribution < 1.29 is 14.2 Å². The quantitative estimate of drug-likeness (QED) is 0.873. The number of hydrogen-bond acceptors (Lipinski definition) is 2. The third-order valence-corrected chi connectivity index (χ3v) is 3.43. The molecule has 0 amide bonds. The highest BCUT2D eigenvalue weighted by Gasteiger charge is 2.13. The van der Waals surface area contributed by atoms with E-state index in [1.807, 2.05) is 19.1 Å². The molecule has 1 N–H and O–H groups in total. The average molecular weight is 325 g/mol. The van der Waals surface area contributed by atoms with Gasteiger partial charge in [0.1, 0.15) is 17.3 Å². The predicted molar refractivity (Wildman–Crippen MR) is 75.9 cm³/mol. The first-order valence-electron chi connectivity index (χ1n) is 6.01. The first-order chi connectivity index (χ1) is 9.11. The summed E-state index contributed by atoms with van der Waals surface area (Å²) in [4.78, 5) is 0. The molecule has 1 atom stereocenters. The Morgan fingerprint density at radius 2 is 1.95 bits per heavy atom. The van der Waals surface area contributed by atoms with E-state index >= 15 is 0 Å². The topological polar surface area (TPSA) is 29.5 Å². The SMILES string of the molecule is CCC(O)c1ccccc1Oc1cc(F)ccc1Br. The Kier molecular flexibility index (Phi) is 4.56. The Labute approximate surface area is 120 Å². The molecular weight excluding hydrogens is 311 g/mol. The van der Waals surface area contributed by atoms with Gasteiger partial charge in [0.15, 0.2) is 0 Å². The Bertz CT molecular complexity index is 572. The van der Waals surface area contributed by atoms with Crippen molar-refractivity contribution in [1.82, 2.24) is 0 Å². The lowest BCUT2D eigenvalue weighted by molar-refractivity contribution is 0.170. The van der Waals surface area contributed by atoms with Crippen LogP contribution in [0.3, 0.4) is 0 Å². The van der Waals surface area contributed by atoms with Gasteiger partial charge in [-0.3, -0.25) is 0 Å². The van der Waals surface area contributed by atoms with Crippen molar-refractivity contribution in [3.63, 3.8) is 0 Å². The fourth-order valence-corrected chi connectivity index (χ4v) is 2.07. The van der Waals surface area contributed by atoms with Crippen molar-refractivity contribution in [3.8, 4) is 11.5 Å². The zero-order valence-electron chi connectivity index (χ0n) is 10.4. The fraction of sp³-hybridized carbons (Fsp3) is 0.200. The van der Waals surface area contributed by atoms with E-state index in [0.717, 1.165) is 0 Å². The molecule has 2 aromatic rings. The van der Waals surface area contributed by atoms with Gasteiger partial charge in [-0.05, 0) is 40.5 Å². The summed E-state index contributed by atoms with van der Waals surface area (Å²) in [6.45, 7) is 1.89. The lowest BCUT2D eigenvalue weighted by Crippen LogP contribution is -1.99. The number of benzene rings is 2. The molecule has 1 unspecified atom stereocenters. The second kappa shape index (κ2) is 6.17. The number of rotatable bonds is 4. The summed E-state index contributed by atoms with van der Waals surface area (Å²) in [5, 5.41) is 9.95. The van der Waals surface area contributed by atoms with Crippen LogP contribution in [0.5, 0.6) is 11.5 Å². The zero-order chi connectivity index (χ0) is 13.8. The highest BCUT2D eigenvalue weighted by atomic mass is 79.9. The molecule has 0 spiro atoms. The Morgan fingerprint density at radius 1 is 1.21 bits per heavy atom. The summed E-state index contributed by atoms with van der Waals surface area (Å²) < 4.78 is 19.6. The van der Waals surface area contributed by atoms with Crippen molar-refractivity contribution >= 4 is 15.9 Å². The average Bonchev–Trinajstić information content (AvgIpc) is 2.42. The van der Waals surface area contributed by atoms with Crippen LogP contribution in [-0.4, -0.2) is 5.11 Å². The van der Waals surface area contributed by atoms with Crippen molar-refractivity contribution in [2.75, 3.05) is 0 Å². The van der Waals surface area contributed by atoms with Crippen LogP contribution in [0.4, 0.5) is 4.39 Å². The minimum absolute atomic E-state index is 0.369. The van der Waals surface area contributed by atoms with Crippen molar-refractivity contribution in [2.24, 2.45) is 0 Å². The van der Waals surface area contributed by atoms with Crippen LogP contribution >= 0.6 is 15.9 Å². The van der Waals surface area contributed by atoms with Gasteiger partial charge in [0.2, 0.25) is 0 Å². The maximum Gasteiger partial charge on any atom is 0.144 e. The molecule has 0 aliphatic rings. The molecule has 0 aromatic heterocycles. The van der Waals surface area contributed by atoms with E-state index in [9.17, 15) is 9.50 Å². The molecule has 100 valence electrons. The number of aliphatic hydroxyl groups excluding tert-OH is 1. The first-order valence-corrected chi connectivity index (χ1v) is 6.81. The van der Waals surface area contributed by atoms with Gasteiger partial charge in [-0.25, -0.2) is 4.39 Å². The molecule has 0 fully saturated rings. The Morgan fingerprint density at radius 3 is 2.68 bits per heavy atom. The number of halogens is 2. The number of ether oxygens (including phenoxy) is 1. The zero-order valence-corrected chi connectivity index (χ0v) is 12.0. The molecular formula is C15H14BrFO2. The maximum absolute atomic E-state index is 13.2. The van der Waals surface area contributed by atoms with E-state index in [2.05, 4.69) is 15.9 Å². The van der Waals surface area contributed by atoms with Crippen molar-refractivity contribution in [3.05, 3.63) is 58.3 Å². The molecule has 4 heteroatoms. The molecule has 19 heavy (non-hydrogen) atoms. The molecule has 0 aliphatic carbocycles. The summed E-state index contributed by atoms with van der Waals surface area (Å²) in [7, 11) is 0. The van der Waals surface area contributed by atoms with Crippen LogP contribution in [-0.2, 0) is 0 Å². The first kappa shape index (κ1) is 14.0. The molecule has 2 nitrogen and oxygen atoms in total. The van der Waals surface area contributed by atoms with Crippen molar-refractivity contribution in [1.29, 1.82) is 0 Å². The van der Waals surface area contributed by atoms with Crippen molar-refractivity contribution in [2.45, 2.75) is 19.4 Å². The van der Waals surface area contributed by atoms with Gasteiger partial charge in [0.25, 0.3) is 0 Å². The van der Waals surface area contributed by atoms with E-state index in [1.54, 1.807) is 18.2 Å². The van der Waals surface area contributed by atoms with Gasteiger partial charge in [0, 0.05) is 11.6 Å². The highest BCUT2D eigenvalue weighted by molar-refractivity contribution is 9.10. The standard InChI is InChI=1S/C15H14BrFO2/c1-2-13(18)11-5-3-4-6-14(11)19-15-9-10(17)7-8-12(15)16/h3-9,13,18H,2H2,1H3. The number of aliphatic hydroxyl groups is 1. The molecule has 0 heterocycles. The van der Waals surface area contributed by atoms with Crippen LogP contribution in [0.1, 0.15) is 25.0 Å². The van der Waals surface area contributed by atoms with E-state index in [-0.39, 0.29) is 5.82 Å². The van der Waals surface area contributed by atoms with E-state index < -0.39 is 6.10 Å². The molecule has 2 aromatic carbocycles. The van der Waals surface area contributed by atoms with Gasteiger partial charge in [-0.2, -0.15) is 0 Å². The maximum atomic E-state index is 13.2. The fourth-order valence-electron chi connectivity index (χ4n) is 1.74. The van der Waals surface area contributed by atoms with Gasteiger partial charge in [-0.1, -0.05) is 25.1 Å². The lowest BCUT2D eigenvalue weighted by Gasteiger charge is -2.15.